The van der Waals surface area contributed by atoms with Crippen molar-refractivity contribution in [2.45, 2.75) is 31.7 Å². The largest absolute Gasteiger partial charge is 0.346 e. The molecule has 125 valence electrons. The van der Waals surface area contributed by atoms with Crippen molar-refractivity contribution in [2.75, 3.05) is 0 Å². The van der Waals surface area contributed by atoms with Gasteiger partial charge in [0.2, 0.25) is 0 Å². The Morgan fingerprint density at radius 2 is 2.19 bits per heavy atom. The van der Waals surface area contributed by atoms with E-state index in [1.54, 1.807) is 18.3 Å². The van der Waals surface area contributed by atoms with E-state index in [1.807, 2.05) is 25.1 Å². The summed E-state index contributed by atoms with van der Waals surface area (Å²) in [6, 6.07) is 11.6. The number of nitrogens with zero attached hydrogens (tertiary/aromatic N) is 2. The summed E-state index contributed by atoms with van der Waals surface area (Å²) in [4.78, 5) is 16.8. The maximum atomic E-state index is 12.6. The third-order valence-corrected chi connectivity index (χ3v) is 5.09. The van der Waals surface area contributed by atoms with E-state index in [2.05, 4.69) is 22.8 Å². The van der Waals surface area contributed by atoms with Gasteiger partial charge in [0.15, 0.2) is 0 Å². The molecule has 4 nitrogen and oxygen atoms in total. The molecule has 3 radical (unpaired) electrons. The number of benzene rings is 1. The zero-order valence-electron chi connectivity index (χ0n) is 14.5. The molecular formula is C21H17BN3O. The Labute approximate surface area is 154 Å². The molecule has 2 aliphatic rings. The summed E-state index contributed by atoms with van der Waals surface area (Å²) in [5, 5.41) is 12.6. The molecule has 2 aromatic rings. The van der Waals surface area contributed by atoms with Gasteiger partial charge in [0, 0.05) is 18.2 Å². The smallest absolute Gasteiger partial charge is 0.251 e. The first-order valence-electron chi connectivity index (χ1n) is 8.58. The van der Waals surface area contributed by atoms with Gasteiger partial charge in [-0.05, 0) is 49.1 Å². The number of hydrogen-bond donors (Lipinski definition) is 1. The second-order valence-electron chi connectivity index (χ2n) is 7.13. The SMILES string of the molecule is [B]c1ccnc(CNC(=O)c2ccc3c(c2)[C@](C)(C#N)CC2=C([CH]2)C3)c1. The Morgan fingerprint density at radius 3 is 2.96 bits per heavy atom. The fourth-order valence-electron chi connectivity index (χ4n) is 3.54. The number of nitriles is 1. The minimum absolute atomic E-state index is 0.182. The van der Waals surface area contributed by atoms with Crippen LogP contribution in [0.4, 0.5) is 0 Å². The topological polar surface area (TPSA) is 65.8 Å². The molecule has 2 aliphatic carbocycles. The summed E-state index contributed by atoms with van der Waals surface area (Å²) in [7, 11) is 5.74. The van der Waals surface area contributed by atoms with Gasteiger partial charge in [-0.1, -0.05) is 28.7 Å². The van der Waals surface area contributed by atoms with Crippen molar-refractivity contribution in [3.8, 4) is 6.07 Å². The molecule has 0 unspecified atom stereocenters. The molecule has 1 heterocycles. The maximum absolute atomic E-state index is 12.6. The van der Waals surface area contributed by atoms with E-state index in [9.17, 15) is 10.1 Å². The van der Waals surface area contributed by atoms with Gasteiger partial charge in [-0.3, -0.25) is 9.78 Å². The van der Waals surface area contributed by atoms with Crippen LogP contribution in [0.1, 0.15) is 40.5 Å². The zero-order valence-corrected chi connectivity index (χ0v) is 14.5. The van der Waals surface area contributed by atoms with Crippen LogP contribution >= 0.6 is 0 Å². The van der Waals surface area contributed by atoms with E-state index >= 15 is 0 Å². The van der Waals surface area contributed by atoms with Gasteiger partial charge < -0.3 is 5.32 Å². The standard InChI is InChI=1S/C21H17BN3O/c1-21(12-23)10-16-7-15(16)6-13-2-3-14(8-19(13)21)20(26)25-11-18-9-17(22)4-5-24-18/h2-5,7-9H,6,10-11H2,1H3,(H,25,26)/t21-/m0/s1. The number of fused-ring (bicyclic) bond motifs is 1. The number of carbonyl (C=O) groups excluding carboxylic acids is 1. The van der Waals surface area contributed by atoms with E-state index in [0.717, 1.165) is 17.5 Å². The van der Waals surface area contributed by atoms with Crippen molar-refractivity contribution in [3.63, 3.8) is 0 Å². The van der Waals surface area contributed by atoms with Gasteiger partial charge in [-0.15, -0.1) is 0 Å². The normalized spacial score (nSPS) is 20.5. The lowest BCUT2D eigenvalue weighted by molar-refractivity contribution is 0.0950. The molecule has 4 rings (SSSR count). The molecule has 0 bridgehead atoms. The van der Waals surface area contributed by atoms with E-state index in [1.165, 1.54) is 11.1 Å². The fourth-order valence-corrected chi connectivity index (χ4v) is 3.54. The van der Waals surface area contributed by atoms with Gasteiger partial charge in [0.25, 0.3) is 5.91 Å². The summed E-state index contributed by atoms with van der Waals surface area (Å²) in [6.45, 7) is 2.26. The van der Waals surface area contributed by atoms with Crippen molar-refractivity contribution in [1.82, 2.24) is 10.3 Å². The molecule has 0 saturated heterocycles. The van der Waals surface area contributed by atoms with E-state index in [4.69, 9.17) is 7.85 Å². The number of carbonyl (C=O) groups is 1. The first-order valence-corrected chi connectivity index (χ1v) is 8.58. The van der Waals surface area contributed by atoms with Crippen LogP contribution < -0.4 is 10.8 Å². The van der Waals surface area contributed by atoms with Crippen molar-refractivity contribution in [1.29, 1.82) is 5.26 Å². The highest BCUT2D eigenvalue weighted by Crippen LogP contribution is 2.47. The summed E-state index contributed by atoms with van der Waals surface area (Å²) >= 11 is 0. The lowest BCUT2D eigenvalue weighted by Crippen LogP contribution is -2.26. The fraction of sp³-hybridized carbons (Fsp3) is 0.238. The number of allylic oxidation sites excluding steroid dienone is 2. The molecule has 0 fully saturated rings. The molecule has 1 amide bonds. The lowest BCUT2D eigenvalue weighted by atomic mass is 9.77. The number of nitrogens with one attached hydrogen (secondary N) is 1. The van der Waals surface area contributed by atoms with Crippen LogP contribution in [-0.4, -0.2) is 18.7 Å². The van der Waals surface area contributed by atoms with Crippen molar-refractivity contribution >= 4 is 19.2 Å². The van der Waals surface area contributed by atoms with Crippen LogP contribution in [0.15, 0.2) is 47.7 Å². The van der Waals surface area contributed by atoms with Gasteiger partial charge in [-0.2, -0.15) is 5.26 Å². The Hall–Kier alpha value is -2.87. The summed E-state index contributed by atoms with van der Waals surface area (Å²) < 4.78 is 0. The Bertz CT molecular complexity index is 989. The molecule has 0 spiro atoms. The van der Waals surface area contributed by atoms with E-state index in [0.29, 0.717) is 29.7 Å². The monoisotopic (exact) mass is 338 g/mol. The quantitative estimate of drug-likeness (QED) is 0.871. The van der Waals surface area contributed by atoms with Crippen molar-refractivity contribution in [2.24, 2.45) is 0 Å². The molecule has 1 N–H and O–H groups in total. The number of hydrogen-bond acceptors (Lipinski definition) is 3. The molecule has 0 saturated carbocycles. The molecule has 5 heteroatoms. The third kappa shape index (κ3) is 3.03. The minimum Gasteiger partial charge on any atom is -0.346 e. The number of pyridine rings is 1. The van der Waals surface area contributed by atoms with Gasteiger partial charge in [-0.25, -0.2) is 0 Å². The van der Waals surface area contributed by atoms with Crippen LogP contribution in [0, 0.1) is 17.8 Å². The highest BCUT2D eigenvalue weighted by Gasteiger charge is 2.39. The molecule has 1 atom stereocenters. The number of rotatable bonds is 3. The van der Waals surface area contributed by atoms with E-state index in [-0.39, 0.29) is 5.91 Å². The molecule has 1 aromatic heterocycles. The summed E-state index contributed by atoms with van der Waals surface area (Å²) in [5.41, 5.74) is 5.97. The number of aromatic nitrogens is 1. The average Bonchev–Trinajstić information content (AvgIpc) is 3.37. The lowest BCUT2D eigenvalue weighted by Gasteiger charge is -2.24. The maximum Gasteiger partial charge on any atom is 0.251 e. The Kier molecular flexibility index (Phi) is 3.92. The van der Waals surface area contributed by atoms with Crippen LogP contribution in [0.25, 0.3) is 0 Å². The molecule has 1 aromatic carbocycles. The minimum atomic E-state index is -0.606. The zero-order chi connectivity index (χ0) is 18.3. The van der Waals surface area contributed by atoms with Gasteiger partial charge in [0.1, 0.15) is 7.85 Å². The first-order chi connectivity index (χ1) is 12.5. The molecule has 26 heavy (non-hydrogen) atoms. The predicted octanol–water partition coefficient (Wildman–Crippen LogP) is 2.05. The van der Waals surface area contributed by atoms with Crippen LogP contribution in [0.3, 0.4) is 0 Å². The van der Waals surface area contributed by atoms with Crippen molar-refractivity contribution < 1.29 is 4.79 Å². The van der Waals surface area contributed by atoms with Gasteiger partial charge >= 0.3 is 0 Å². The van der Waals surface area contributed by atoms with Crippen molar-refractivity contribution in [3.05, 3.63) is 76.5 Å². The van der Waals surface area contributed by atoms with Crippen LogP contribution in [0.2, 0.25) is 0 Å². The second-order valence-corrected chi connectivity index (χ2v) is 7.13. The van der Waals surface area contributed by atoms with Gasteiger partial charge in [0.05, 0.1) is 23.7 Å². The van der Waals surface area contributed by atoms with Crippen LogP contribution in [0.5, 0.6) is 0 Å². The van der Waals surface area contributed by atoms with E-state index < -0.39 is 5.41 Å². The third-order valence-electron chi connectivity index (χ3n) is 5.09. The first kappa shape index (κ1) is 16.6. The molecule has 0 aliphatic heterocycles. The highest BCUT2D eigenvalue weighted by atomic mass is 16.1. The Balaban J connectivity index is 1.57. The predicted molar refractivity (Wildman–Crippen MR) is 99.8 cm³/mol. The van der Waals surface area contributed by atoms with Crippen LogP contribution in [-0.2, 0) is 18.4 Å². The average molecular weight is 338 g/mol. The Morgan fingerprint density at radius 1 is 1.35 bits per heavy atom. The summed E-state index contributed by atoms with van der Waals surface area (Å²) in [6.07, 6.45) is 5.34. The summed E-state index contributed by atoms with van der Waals surface area (Å²) in [5.74, 6) is -0.182. The molecular weight excluding hydrogens is 321 g/mol. The second kappa shape index (κ2) is 6.14. The highest BCUT2D eigenvalue weighted by molar-refractivity contribution is 6.32. The number of amides is 1.